The van der Waals surface area contributed by atoms with Crippen LogP contribution in [0.15, 0.2) is 24.3 Å². The number of nitrogens with two attached hydrogens (primary N) is 1. The van der Waals surface area contributed by atoms with E-state index in [0.29, 0.717) is 23.5 Å². The van der Waals surface area contributed by atoms with Crippen LogP contribution in [0.3, 0.4) is 0 Å². The Balaban J connectivity index is 1.95. The van der Waals surface area contributed by atoms with Crippen molar-refractivity contribution in [3.05, 3.63) is 41.1 Å². The number of aromatic nitrogens is 1. The van der Waals surface area contributed by atoms with Gasteiger partial charge in [0.1, 0.15) is 17.5 Å². The van der Waals surface area contributed by atoms with E-state index in [1.165, 1.54) is 12.0 Å². The van der Waals surface area contributed by atoms with Crippen LogP contribution in [0.2, 0.25) is 0 Å². The summed E-state index contributed by atoms with van der Waals surface area (Å²) < 4.78 is 0. The molecule has 25 heavy (non-hydrogen) atoms. The second-order valence-corrected chi connectivity index (χ2v) is 7.28. The van der Waals surface area contributed by atoms with Gasteiger partial charge in [-0.3, -0.25) is 4.90 Å². The molecule has 2 N–H and O–H groups in total. The molecule has 2 aliphatic heterocycles. The van der Waals surface area contributed by atoms with Crippen molar-refractivity contribution < 1.29 is 0 Å². The molecule has 2 aromatic rings. The highest BCUT2D eigenvalue weighted by molar-refractivity contribution is 5.80. The minimum atomic E-state index is 0.331. The topological polar surface area (TPSA) is 69.2 Å². The molecule has 0 saturated carbocycles. The van der Waals surface area contributed by atoms with E-state index >= 15 is 0 Å². The molecule has 0 radical (unpaired) electrons. The summed E-state index contributed by atoms with van der Waals surface area (Å²) >= 11 is 0. The van der Waals surface area contributed by atoms with Crippen molar-refractivity contribution in [1.82, 2.24) is 9.88 Å². The molecular formula is C20H23N5. The molecule has 5 nitrogen and oxygen atoms in total. The van der Waals surface area contributed by atoms with Crippen LogP contribution >= 0.6 is 0 Å². The Hall–Kier alpha value is -2.58. The second kappa shape index (κ2) is 5.75. The minimum absolute atomic E-state index is 0.331. The number of nitrogens with zero attached hydrogens (tertiary/aromatic N) is 4. The van der Waals surface area contributed by atoms with E-state index in [4.69, 9.17) is 5.73 Å². The summed E-state index contributed by atoms with van der Waals surface area (Å²) in [4.78, 5) is 9.13. The van der Waals surface area contributed by atoms with Crippen molar-refractivity contribution in [1.29, 1.82) is 5.26 Å². The Morgan fingerprint density at radius 3 is 2.60 bits per heavy atom. The number of pyridine rings is 1. The van der Waals surface area contributed by atoms with E-state index in [9.17, 15) is 5.26 Å². The van der Waals surface area contributed by atoms with Crippen LogP contribution in [0.1, 0.15) is 35.7 Å². The van der Waals surface area contributed by atoms with Crippen LogP contribution in [-0.2, 0) is 6.42 Å². The molecule has 1 fully saturated rings. The van der Waals surface area contributed by atoms with Gasteiger partial charge < -0.3 is 10.6 Å². The van der Waals surface area contributed by atoms with E-state index in [0.717, 1.165) is 35.3 Å². The number of fused-ring (bicyclic) bond motifs is 4. The Morgan fingerprint density at radius 2 is 1.96 bits per heavy atom. The highest BCUT2D eigenvalue weighted by Crippen LogP contribution is 2.47. The normalized spacial score (nSPS) is 21.7. The van der Waals surface area contributed by atoms with Crippen molar-refractivity contribution in [3.8, 4) is 17.2 Å². The van der Waals surface area contributed by atoms with Crippen LogP contribution in [0.5, 0.6) is 0 Å². The molecule has 2 aliphatic rings. The second-order valence-electron chi connectivity index (χ2n) is 7.28. The Bertz CT molecular complexity index is 863. The molecule has 2 atom stereocenters. The zero-order valence-electron chi connectivity index (χ0n) is 15.0. The lowest BCUT2D eigenvalue weighted by Gasteiger charge is -2.34. The summed E-state index contributed by atoms with van der Waals surface area (Å²) in [6.07, 6.45) is 3.22. The number of likely N-dealkylation sites (N-methyl/N-ethyl adjacent to an activating group) is 1. The lowest BCUT2D eigenvalue weighted by Crippen LogP contribution is -2.35. The third kappa shape index (κ3) is 2.37. The van der Waals surface area contributed by atoms with Crippen molar-refractivity contribution in [2.24, 2.45) is 0 Å². The standard InChI is InChI=1S/C20H23N5/c1-24(2)13-6-4-12(5-7-13)18-15(11-21)20(22)23-16-10-14-8-9-17(19(16)18)25(14)3/h4-7,14,17H,8-10H2,1-3H3,(H2,22,23)/t14-,17+/m1/s1. The largest absolute Gasteiger partial charge is 0.383 e. The van der Waals surface area contributed by atoms with Gasteiger partial charge in [-0.2, -0.15) is 5.26 Å². The van der Waals surface area contributed by atoms with Crippen LogP contribution < -0.4 is 10.6 Å². The number of rotatable bonds is 2. The lowest BCUT2D eigenvalue weighted by molar-refractivity contribution is 0.222. The van der Waals surface area contributed by atoms with E-state index in [1.54, 1.807) is 0 Å². The summed E-state index contributed by atoms with van der Waals surface area (Å²) in [7, 11) is 6.23. The molecule has 1 saturated heterocycles. The molecule has 0 aliphatic carbocycles. The van der Waals surface area contributed by atoms with Crippen molar-refractivity contribution in [3.63, 3.8) is 0 Å². The van der Waals surface area contributed by atoms with Gasteiger partial charge in [0, 0.05) is 55.1 Å². The van der Waals surface area contributed by atoms with E-state index < -0.39 is 0 Å². The average Bonchev–Trinajstić information content (AvgIpc) is 2.84. The van der Waals surface area contributed by atoms with Gasteiger partial charge in [-0.25, -0.2) is 4.98 Å². The Morgan fingerprint density at radius 1 is 1.24 bits per heavy atom. The average molecular weight is 333 g/mol. The van der Waals surface area contributed by atoms with Gasteiger partial charge in [-0.15, -0.1) is 0 Å². The molecular weight excluding hydrogens is 310 g/mol. The smallest absolute Gasteiger partial charge is 0.142 e. The third-order valence-corrected chi connectivity index (χ3v) is 5.73. The number of nitrogen functional groups attached to an aromatic ring is 1. The fourth-order valence-corrected chi connectivity index (χ4v) is 4.35. The predicted octanol–water partition coefficient (Wildman–Crippen LogP) is 2.96. The number of benzene rings is 1. The number of hydrogen-bond donors (Lipinski definition) is 1. The molecule has 0 spiro atoms. The van der Waals surface area contributed by atoms with Gasteiger partial charge in [0.05, 0.1) is 0 Å². The Labute approximate surface area is 148 Å². The van der Waals surface area contributed by atoms with Gasteiger partial charge in [-0.05, 0) is 37.6 Å². The fraction of sp³-hybridized carbons (Fsp3) is 0.400. The first-order valence-electron chi connectivity index (χ1n) is 8.73. The SMILES string of the molecule is CN(C)c1ccc(-c2c(C#N)c(N)nc3c2[C@@H]2CC[C@H](C3)N2C)cc1. The maximum Gasteiger partial charge on any atom is 0.142 e. The summed E-state index contributed by atoms with van der Waals surface area (Å²) in [5.74, 6) is 0.358. The van der Waals surface area contributed by atoms with E-state index in [1.807, 2.05) is 14.1 Å². The quantitative estimate of drug-likeness (QED) is 0.915. The number of hydrogen-bond acceptors (Lipinski definition) is 5. The summed E-state index contributed by atoms with van der Waals surface area (Å²) in [6, 6.07) is 11.5. The van der Waals surface area contributed by atoms with Crippen molar-refractivity contribution >= 4 is 11.5 Å². The zero-order valence-corrected chi connectivity index (χ0v) is 15.0. The summed E-state index contributed by atoms with van der Waals surface area (Å²) in [5, 5.41) is 9.75. The number of nitriles is 1. The van der Waals surface area contributed by atoms with Crippen LogP contribution in [0, 0.1) is 11.3 Å². The van der Waals surface area contributed by atoms with Gasteiger partial charge in [0.15, 0.2) is 0 Å². The van der Waals surface area contributed by atoms with Crippen LogP contribution in [0.4, 0.5) is 11.5 Å². The van der Waals surface area contributed by atoms with Crippen molar-refractivity contribution in [2.75, 3.05) is 31.8 Å². The lowest BCUT2D eigenvalue weighted by atomic mass is 9.87. The predicted molar refractivity (Wildman–Crippen MR) is 100 cm³/mol. The monoisotopic (exact) mass is 333 g/mol. The van der Waals surface area contributed by atoms with E-state index in [-0.39, 0.29) is 0 Å². The maximum absolute atomic E-state index is 9.75. The third-order valence-electron chi connectivity index (χ3n) is 5.73. The molecule has 1 aromatic carbocycles. The van der Waals surface area contributed by atoms with Gasteiger partial charge >= 0.3 is 0 Å². The van der Waals surface area contributed by atoms with Gasteiger partial charge in [0.2, 0.25) is 0 Å². The van der Waals surface area contributed by atoms with Crippen LogP contribution in [0.25, 0.3) is 11.1 Å². The zero-order chi connectivity index (χ0) is 17.7. The Kier molecular flexibility index (Phi) is 3.66. The van der Waals surface area contributed by atoms with E-state index in [2.05, 4.69) is 52.2 Å². The molecule has 2 bridgehead atoms. The first-order valence-corrected chi connectivity index (χ1v) is 8.73. The molecule has 4 rings (SSSR count). The highest BCUT2D eigenvalue weighted by atomic mass is 15.2. The van der Waals surface area contributed by atoms with Gasteiger partial charge in [0.25, 0.3) is 0 Å². The molecule has 3 heterocycles. The van der Waals surface area contributed by atoms with Crippen LogP contribution in [-0.4, -0.2) is 37.1 Å². The number of anilines is 2. The minimum Gasteiger partial charge on any atom is -0.383 e. The molecule has 5 heteroatoms. The molecule has 128 valence electrons. The maximum atomic E-state index is 9.75. The summed E-state index contributed by atoms with van der Waals surface area (Å²) in [5.41, 5.74) is 12.1. The molecule has 0 amide bonds. The van der Waals surface area contributed by atoms with Crippen molar-refractivity contribution in [2.45, 2.75) is 31.3 Å². The highest BCUT2D eigenvalue weighted by Gasteiger charge is 2.40. The first kappa shape index (κ1) is 15.9. The fourth-order valence-electron chi connectivity index (χ4n) is 4.35. The first-order chi connectivity index (χ1) is 12.0. The molecule has 0 unspecified atom stereocenters. The van der Waals surface area contributed by atoms with Gasteiger partial charge in [-0.1, -0.05) is 12.1 Å². The summed E-state index contributed by atoms with van der Waals surface area (Å²) in [6.45, 7) is 0. The molecule has 1 aromatic heterocycles.